The van der Waals surface area contributed by atoms with Gasteiger partial charge in [-0.05, 0) is 60.4 Å². The molecule has 2 heterocycles. The Morgan fingerprint density at radius 2 is 1.75 bits per heavy atom. The van der Waals surface area contributed by atoms with E-state index in [-0.39, 0.29) is 16.2 Å². The molecule has 1 saturated heterocycles. The van der Waals surface area contributed by atoms with Crippen molar-refractivity contribution < 1.29 is 27.8 Å². The van der Waals surface area contributed by atoms with Crippen LogP contribution in [-0.2, 0) is 12.6 Å². The van der Waals surface area contributed by atoms with E-state index in [9.17, 15) is 23.1 Å². The zero-order valence-corrected chi connectivity index (χ0v) is 20.3. The van der Waals surface area contributed by atoms with Gasteiger partial charge in [-0.15, -0.1) is 11.3 Å². The fourth-order valence-corrected chi connectivity index (χ4v) is 5.52. The molecule has 0 atom stereocenters. The van der Waals surface area contributed by atoms with Crippen molar-refractivity contribution in [2.45, 2.75) is 19.5 Å². The van der Waals surface area contributed by atoms with Crippen molar-refractivity contribution in [2.75, 3.05) is 19.6 Å². The maximum Gasteiger partial charge on any atom is 0.416 e. The molecule has 0 unspecified atom stereocenters. The molecule has 1 N–H and O–H groups in total. The minimum atomic E-state index is -4.48. The van der Waals surface area contributed by atoms with E-state index < -0.39 is 17.5 Å². The molecule has 0 aliphatic carbocycles. The Morgan fingerprint density at radius 1 is 1.06 bits per heavy atom. The summed E-state index contributed by atoms with van der Waals surface area (Å²) in [6.07, 6.45) is -3.55. The Balaban J connectivity index is 1.41. The van der Waals surface area contributed by atoms with Crippen LogP contribution in [-0.4, -0.2) is 35.4 Å². The molecule has 8 heteroatoms. The molecule has 1 fully saturated rings. The van der Waals surface area contributed by atoms with Crippen molar-refractivity contribution in [3.8, 4) is 17.2 Å². The number of ketones is 1. The summed E-state index contributed by atoms with van der Waals surface area (Å²) in [6.45, 7) is 5.53. The number of hydrogen-bond acceptors (Lipinski definition) is 5. The van der Waals surface area contributed by atoms with E-state index in [2.05, 4.69) is 11.8 Å². The van der Waals surface area contributed by atoms with E-state index in [0.29, 0.717) is 21.6 Å². The third-order valence-electron chi connectivity index (χ3n) is 6.31. The quantitative estimate of drug-likeness (QED) is 0.268. The third-order valence-corrected chi connectivity index (χ3v) is 7.44. The molecule has 1 aliphatic heterocycles. The molecule has 36 heavy (non-hydrogen) atoms. The van der Waals surface area contributed by atoms with Gasteiger partial charge in [-0.1, -0.05) is 31.2 Å². The van der Waals surface area contributed by atoms with Crippen LogP contribution < -0.4 is 4.74 Å². The molecule has 4 nitrogen and oxygen atoms in total. The second-order valence-electron chi connectivity index (χ2n) is 9.21. The molecule has 1 aromatic heterocycles. The van der Waals surface area contributed by atoms with Gasteiger partial charge in [0, 0.05) is 35.3 Å². The molecule has 186 valence electrons. The zero-order valence-electron chi connectivity index (χ0n) is 19.5. The average Bonchev–Trinajstić information content (AvgIpc) is 3.18. The number of hydrogen-bond donors (Lipinski definition) is 1. The number of likely N-dealkylation sites (tertiary alicyclic amines) is 1. The monoisotopic (exact) mass is 511 g/mol. The number of phenolic OH excluding ortho intramolecular Hbond substituents is 1. The summed E-state index contributed by atoms with van der Waals surface area (Å²) in [5, 5.41) is 10.6. The predicted octanol–water partition coefficient (Wildman–Crippen LogP) is 7.14. The normalized spacial score (nSPS) is 14.7. The zero-order chi connectivity index (χ0) is 25.4. The fourth-order valence-electron chi connectivity index (χ4n) is 4.39. The van der Waals surface area contributed by atoms with Gasteiger partial charge in [-0.2, -0.15) is 13.2 Å². The summed E-state index contributed by atoms with van der Waals surface area (Å²) in [4.78, 5) is 16.0. The summed E-state index contributed by atoms with van der Waals surface area (Å²) >= 11 is 1.13. The third kappa shape index (κ3) is 5.10. The summed E-state index contributed by atoms with van der Waals surface area (Å²) in [6, 6.07) is 16.5. The molecule has 0 radical (unpaired) electrons. The number of ether oxygens (including phenoxy) is 1. The maximum atomic E-state index is 13.3. The van der Waals surface area contributed by atoms with Crippen molar-refractivity contribution in [2.24, 2.45) is 5.92 Å². The molecule has 0 spiro atoms. The van der Waals surface area contributed by atoms with Crippen LogP contribution in [0.5, 0.6) is 17.2 Å². The first-order valence-electron chi connectivity index (χ1n) is 11.6. The molecule has 3 aromatic carbocycles. The number of nitrogens with zero attached hydrogens (tertiary/aromatic N) is 1. The van der Waals surface area contributed by atoms with Crippen LogP contribution in [0.4, 0.5) is 13.2 Å². The van der Waals surface area contributed by atoms with Gasteiger partial charge in [-0.25, -0.2) is 0 Å². The van der Waals surface area contributed by atoms with Crippen LogP contribution in [0.3, 0.4) is 0 Å². The number of alkyl halides is 3. The van der Waals surface area contributed by atoms with Gasteiger partial charge >= 0.3 is 6.18 Å². The van der Waals surface area contributed by atoms with Gasteiger partial charge in [0.15, 0.2) is 5.75 Å². The van der Waals surface area contributed by atoms with Crippen LogP contribution in [0.25, 0.3) is 10.1 Å². The van der Waals surface area contributed by atoms with Gasteiger partial charge in [0.2, 0.25) is 5.78 Å². The van der Waals surface area contributed by atoms with E-state index in [0.717, 1.165) is 55.4 Å². The minimum absolute atomic E-state index is 0.0461. The van der Waals surface area contributed by atoms with Gasteiger partial charge in [-0.3, -0.25) is 4.79 Å². The highest BCUT2D eigenvalue weighted by molar-refractivity contribution is 7.21. The Hall–Kier alpha value is -3.36. The lowest BCUT2D eigenvalue weighted by Gasteiger charge is -2.37. The Bertz CT molecular complexity index is 1390. The van der Waals surface area contributed by atoms with E-state index in [1.807, 2.05) is 24.3 Å². The van der Waals surface area contributed by atoms with Crippen molar-refractivity contribution in [1.29, 1.82) is 0 Å². The van der Waals surface area contributed by atoms with Crippen LogP contribution in [0.2, 0.25) is 0 Å². The van der Waals surface area contributed by atoms with Gasteiger partial charge < -0.3 is 14.7 Å². The predicted molar refractivity (Wildman–Crippen MR) is 134 cm³/mol. The standard InChI is InChI=1S/C28H24F3NO3S/c1-17-15-32(16-17)13-12-18-2-9-22(10-3-18)35-26-23-11-8-21(33)14-24(23)36-27(26)25(34)19-4-6-20(7-5-19)28(29,30)31/h2-11,14,17,33H,12-13,15-16H2,1H3. The second kappa shape index (κ2) is 9.59. The van der Waals surface area contributed by atoms with Crippen LogP contribution >= 0.6 is 11.3 Å². The minimum Gasteiger partial charge on any atom is -0.508 e. The van der Waals surface area contributed by atoms with E-state index in [1.54, 1.807) is 6.07 Å². The number of carbonyl (C=O) groups excluding carboxylic acids is 1. The highest BCUT2D eigenvalue weighted by atomic mass is 32.1. The summed E-state index contributed by atoms with van der Waals surface area (Å²) in [5.41, 5.74) is 0.489. The molecular formula is C28H24F3NO3S. The van der Waals surface area contributed by atoms with Crippen molar-refractivity contribution in [1.82, 2.24) is 4.90 Å². The first-order chi connectivity index (χ1) is 17.2. The summed E-state index contributed by atoms with van der Waals surface area (Å²) in [7, 11) is 0. The first-order valence-corrected chi connectivity index (χ1v) is 12.5. The average molecular weight is 512 g/mol. The van der Waals surface area contributed by atoms with Crippen molar-refractivity contribution >= 4 is 27.2 Å². The molecule has 0 bridgehead atoms. The Morgan fingerprint density at radius 3 is 2.39 bits per heavy atom. The van der Waals surface area contributed by atoms with Gasteiger partial charge in [0.05, 0.1) is 5.56 Å². The number of halogens is 3. The number of thiophene rings is 1. The number of aromatic hydroxyl groups is 1. The largest absolute Gasteiger partial charge is 0.508 e. The molecule has 1 aliphatic rings. The van der Waals surface area contributed by atoms with Gasteiger partial charge in [0.1, 0.15) is 16.4 Å². The summed E-state index contributed by atoms with van der Waals surface area (Å²) in [5.74, 6) is 1.24. The van der Waals surface area contributed by atoms with E-state index in [4.69, 9.17) is 4.74 Å². The van der Waals surface area contributed by atoms with Crippen molar-refractivity contribution in [3.63, 3.8) is 0 Å². The smallest absolute Gasteiger partial charge is 0.416 e. The number of benzene rings is 3. The van der Waals surface area contributed by atoms with E-state index in [1.165, 1.54) is 29.8 Å². The van der Waals surface area contributed by atoms with Crippen LogP contribution in [0, 0.1) is 5.92 Å². The lowest BCUT2D eigenvalue weighted by molar-refractivity contribution is -0.137. The van der Waals surface area contributed by atoms with Crippen molar-refractivity contribution in [3.05, 3.63) is 88.3 Å². The number of rotatable bonds is 7. The Labute approximate surface area is 210 Å². The number of carbonyl (C=O) groups is 1. The maximum absolute atomic E-state index is 13.3. The molecule has 5 rings (SSSR count). The van der Waals surface area contributed by atoms with Crippen LogP contribution in [0.15, 0.2) is 66.7 Å². The first kappa shape index (κ1) is 24.3. The molecular weight excluding hydrogens is 487 g/mol. The SMILES string of the molecule is CC1CN(CCc2ccc(Oc3c(C(=O)c4ccc(C(F)(F)F)cc4)sc4cc(O)ccc34)cc2)C1. The molecule has 0 amide bonds. The Kier molecular flexibility index (Phi) is 6.49. The summed E-state index contributed by atoms with van der Waals surface area (Å²) < 4.78 is 45.7. The lowest BCUT2D eigenvalue weighted by Crippen LogP contribution is -2.45. The highest BCUT2D eigenvalue weighted by Gasteiger charge is 2.31. The number of fused-ring (bicyclic) bond motifs is 1. The molecule has 0 saturated carbocycles. The number of phenols is 1. The van der Waals surface area contributed by atoms with Crippen LogP contribution in [0.1, 0.15) is 33.3 Å². The topological polar surface area (TPSA) is 49.8 Å². The van der Waals surface area contributed by atoms with E-state index >= 15 is 0 Å². The fraction of sp³-hybridized carbons (Fsp3) is 0.250. The molecule has 4 aromatic rings. The highest BCUT2D eigenvalue weighted by Crippen LogP contribution is 2.43. The second-order valence-corrected chi connectivity index (χ2v) is 10.3. The van der Waals surface area contributed by atoms with Gasteiger partial charge in [0.25, 0.3) is 0 Å². The lowest BCUT2D eigenvalue weighted by atomic mass is 10.0.